The quantitative estimate of drug-likeness (QED) is 0.785. The number of hydrogen-bond donors (Lipinski definition) is 2. The zero-order valence-corrected chi connectivity index (χ0v) is 18.2. The minimum absolute atomic E-state index is 0.0429. The van der Waals surface area contributed by atoms with Gasteiger partial charge in [-0.3, -0.25) is 9.59 Å². The van der Waals surface area contributed by atoms with E-state index in [1.165, 1.54) is 0 Å². The van der Waals surface area contributed by atoms with Gasteiger partial charge in [-0.15, -0.1) is 0 Å². The molecule has 7 heteroatoms. The zero-order chi connectivity index (χ0) is 21.1. The van der Waals surface area contributed by atoms with Crippen LogP contribution in [0.3, 0.4) is 0 Å². The van der Waals surface area contributed by atoms with Gasteiger partial charge in [0.1, 0.15) is 17.4 Å². The second kappa shape index (κ2) is 8.94. The van der Waals surface area contributed by atoms with Gasteiger partial charge in [-0.25, -0.2) is 0 Å². The van der Waals surface area contributed by atoms with Crippen molar-refractivity contribution < 1.29 is 14.3 Å². The molecule has 2 fully saturated rings. The molecule has 0 saturated carbocycles. The first-order valence-electron chi connectivity index (χ1n) is 11.2. The Morgan fingerprint density at radius 3 is 2.87 bits per heavy atom. The summed E-state index contributed by atoms with van der Waals surface area (Å²) in [6.07, 6.45) is 4.67. The lowest BCUT2D eigenvalue weighted by Crippen LogP contribution is -2.54. The first-order valence-corrected chi connectivity index (χ1v) is 11.2. The maximum Gasteiger partial charge on any atom is 0.245 e. The maximum atomic E-state index is 13.4. The summed E-state index contributed by atoms with van der Waals surface area (Å²) in [5.41, 5.74) is 0.639. The van der Waals surface area contributed by atoms with E-state index in [2.05, 4.69) is 22.6 Å². The van der Waals surface area contributed by atoms with Gasteiger partial charge in [0.15, 0.2) is 0 Å². The zero-order valence-electron chi connectivity index (χ0n) is 18.2. The number of likely N-dealkylation sites (tertiary alicyclic amines) is 1. The van der Waals surface area contributed by atoms with Gasteiger partial charge in [-0.2, -0.15) is 0 Å². The molecule has 1 spiro atoms. The lowest BCUT2D eigenvalue weighted by Gasteiger charge is -2.36. The summed E-state index contributed by atoms with van der Waals surface area (Å²) in [5, 5.41) is 6.13. The van der Waals surface area contributed by atoms with Crippen molar-refractivity contribution >= 4 is 11.8 Å². The van der Waals surface area contributed by atoms with E-state index in [9.17, 15) is 9.59 Å². The van der Waals surface area contributed by atoms with E-state index in [0.29, 0.717) is 13.1 Å². The monoisotopic (exact) mass is 414 g/mol. The van der Waals surface area contributed by atoms with Gasteiger partial charge < -0.3 is 25.2 Å². The van der Waals surface area contributed by atoms with E-state index in [1.807, 2.05) is 29.2 Å². The van der Waals surface area contributed by atoms with Gasteiger partial charge in [-0.05, 0) is 58.8 Å². The normalized spacial score (nSPS) is 28.2. The van der Waals surface area contributed by atoms with Crippen molar-refractivity contribution in [1.29, 1.82) is 0 Å². The van der Waals surface area contributed by atoms with Crippen molar-refractivity contribution in [3.63, 3.8) is 0 Å². The number of benzene rings is 1. The molecule has 0 radical (unpaired) electrons. The van der Waals surface area contributed by atoms with E-state index in [1.54, 1.807) is 6.92 Å². The topological polar surface area (TPSA) is 73.9 Å². The predicted octanol–water partition coefficient (Wildman–Crippen LogP) is 1.52. The fourth-order valence-corrected chi connectivity index (χ4v) is 4.89. The Labute approximate surface area is 179 Å². The summed E-state index contributed by atoms with van der Waals surface area (Å²) < 4.78 is 6.62. The highest BCUT2D eigenvalue weighted by atomic mass is 16.5. The second-order valence-corrected chi connectivity index (χ2v) is 9.12. The average molecular weight is 415 g/mol. The smallest absolute Gasteiger partial charge is 0.245 e. The number of fused-ring (bicyclic) bond motifs is 1. The van der Waals surface area contributed by atoms with Crippen LogP contribution in [0.25, 0.3) is 0 Å². The predicted molar refractivity (Wildman–Crippen MR) is 115 cm³/mol. The Bertz CT molecular complexity index is 779. The molecule has 30 heavy (non-hydrogen) atoms. The highest BCUT2D eigenvalue weighted by Gasteiger charge is 2.41. The van der Waals surface area contributed by atoms with Crippen molar-refractivity contribution in [3.05, 3.63) is 29.8 Å². The Morgan fingerprint density at radius 1 is 1.23 bits per heavy atom. The van der Waals surface area contributed by atoms with Crippen molar-refractivity contribution in [2.24, 2.45) is 0 Å². The highest BCUT2D eigenvalue weighted by Crippen LogP contribution is 2.35. The summed E-state index contributed by atoms with van der Waals surface area (Å²) in [6, 6.07) is 7.28. The summed E-state index contributed by atoms with van der Waals surface area (Å²) in [7, 11) is 2.14. The Kier molecular flexibility index (Phi) is 6.29. The van der Waals surface area contributed by atoms with Crippen LogP contribution in [0.2, 0.25) is 0 Å². The van der Waals surface area contributed by atoms with Crippen LogP contribution in [-0.2, 0) is 16.1 Å². The van der Waals surface area contributed by atoms with E-state index in [4.69, 9.17) is 4.74 Å². The number of hydrogen-bond acceptors (Lipinski definition) is 5. The number of amides is 2. The number of ether oxygens (including phenoxy) is 1. The third kappa shape index (κ3) is 4.62. The van der Waals surface area contributed by atoms with E-state index < -0.39 is 6.04 Å². The van der Waals surface area contributed by atoms with Crippen molar-refractivity contribution in [2.45, 2.75) is 63.3 Å². The Morgan fingerprint density at radius 2 is 2.07 bits per heavy atom. The van der Waals surface area contributed by atoms with Crippen LogP contribution in [-0.4, -0.2) is 72.5 Å². The number of rotatable bonds is 3. The molecule has 1 aromatic rings. The SMILES string of the molecule is CC(NC(=O)C1CCCN1)C(=O)N1Cc2ccccc2OC2(CCCN(C)CC2)C1. The molecule has 3 aliphatic rings. The third-order valence-electron chi connectivity index (χ3n) is 6.68. The van der Waals surface area contributed by atoms with Crippen LogP contribution in [0.4, 0.5) is 0 Å². The molecule has 1 aromatic carbocycles. The van der Waals surface area contributed by atoms with Crippen LogP contribution >= 0.6 is 0 Å². The summed E-state index contributed by atoms with van der Waals surface area (Å²) >= 11 is 0. The van der Waals surface area contributed by atoms with Gasteiger partial charge in [0.25, 0.3) is 0 Å². The van der Waals surface area contributed by atoms with E-state index in [0.717, 1.165) is 63.1 Å². The molecular formula is C23H34N4O3. The third-order valence-corrected chi connectivity index (χ3v) is 6.68. The standard InChI is InChI=1S/C23H34N4O3/c1-17(25-21(28)19-8-5-12-24-19)22(29)27-15-18-7-3-4-9-20(18)30-23(16-27)10-6-13-26(2)14-11-23/h3-4,7,9,17,19,24H,5-6,8,10-16H2,1-2H3,(H,25,28). The van der Waals surface area contributed by atoms with Crippen molar-refractivity contribution in [2.75, 3.05) is 33.2 Å². The number of nitrogens with one attached hydrogen (secondary N) is 2. The molecule has 4 rings (SSSR count). The molecule has 7 nitrogen and oxygen atoms in total. The first-order chi connectivity index (χ1) is 14.5. The van der Waals surface area contributed by atoms with Crippen LogP contribution in [0, 0.1) is 0 Å². The lowest BCUT2D eigenvalue weighted by molar-refractivity contribution is -0.139. The van der Waals surface area contributed by atoms with Gasteiger partial charge in [0, 0.05) is 25.1 Å². The van der Waals surface area contributed by atoms with Crippen molar-refractivity contribution in [1.82, 2.24) is 20.4 Å². The minimum atomic E-state index is -0.560. The van der Waals surface area contributed by atoms with Gasteiger partial charge in [0.05, 0.1) is 12.6 Å². The summed E-state index contributed by atoms with van der Waals surface area (Å²) in [5.74, 6) is 0.758. The fraction of sp³-hybridized carbons (Fsp3) is 0.652. The summed E-state index contributed by atoms with van der Waals surface area (Å²) in [4.78, 5) is 30.1. The lowest BCUT2D eigenvalue weighted by atomic mass is 9.93. The molecule has 2 amide bonds. The Hall–Kier alpha value is -2.12. The molecule has 2 saturated heterocycles. The average Bonchev–Trinajstić information content (AvgIpc) is 3.15. The molecule has 2 N–H and O–H groups in total. The number of para-hydroxylation sites is 1. The molecule has 0 aliphatic carbocycles. The van der Waals surface area contributed by atoms with Gasteiger partial charge >= 0.3 is 0 Å². The van der Waals surface area contributed by atoms with Gasteiger partial charge in [-0.1, -0.05) is 18.2 Å². The van der Waals surface area contributed by atoms with Crippen LogP contribution in [0.15, 0.2) is 24.3 Å². The number of nitrogens with zero attached hydrogens (tertiary/aromatic N) is 2. The molecule has 0 aromatic heterocycles. The largest absolute Gasteiger partial charge is 0.485 e. The Balaban J connectivity index is 1.53. The number of carbonyl (C=O) groups excluding carboxylic acids is 2. The van der Waals surface area contributed by atoms with Gasteiger partial charge in [0.2, 0.25) is 11.8 Å². The van der Waals surface area contributed by atoms with E-state index in [-0.39, 0.29) is 23.5 Å². The molecule has 3 unspecified atom stereocenters. The molecule has 3 heterocycles. The van der Waals surface area contributed by atoms with Crippen LogP contribution in [0.1, 0.15) is 44.6 Å². The van der Waals surface area contributed by atoms with Crippen molar-refractivity contribution in [3.8, 4) is 5.75 Å². The number of carbonyl (C=O) groups is 2. The summed E-state index contributed by atoms with van der Waals surface area (Å²) in [6.45, 7) is 5.70. The first kappa shape index (κ1) is 21.1. The highest BCUT2D eigenvalue weighted by molar-refractivity contribution is 5.89. The molecule has 0 bridgehead atoms. The molecule has 3 aliphatic heterocycles. The second-order valence-electron chi connectivity index (χ2n) is 9.12. The molecular weight excluding hydrogens is 380 g/mol. The molecule has 164 valence electrons. The fourth-order valence-electron chi connectivity index (χ4n) is 4.89. The maximum absolute atomic E-state index is 13.4. The van der Waals surface area contributed by atoms with Crippen LogP contribution < -0.4 is 15.4 Å². The van der Waals surface area contributed by atoms with Crippen LogP contribution in [0.5, 0.6) is 5.75 Å². The molecule has 3 atom stereocenters. The minimum Gasteiger partial charge on any atom is -0.485 e. The van der Waals surface area contributed by atoms with E-state index >= 15 is 0 Å².